The quantitative estimate of drug-likeness (QED) is 0.661. The molecule has 2 aliphatic rings. The summed E-state index contributed by atoms with van der Waals surface area (Å²) in [6.45, 7) is 15.2. The number of ether oxygens (including phenoxy) is 1. The maximum atomic E-state index is 5.49. The molecule has 3 heterocycles. The fourth-order valence-electron chi connectivity index (χ4n) is 4.24. The van der Waals surface area contributed by atoms with Crippen LogP contribution in [0.15, 0.2) is 24.3 Å². The van der Waals surface area contributed by atoms with Crippen LogP contribution in [-0.2, 0) is 4.74 Å². The van der Waals surface area contributed by atoms with E-state index in [4.69, 9.17) is 21.9 Å². The van der Waals surface area contributed by atoms with Gasteiger partial charge in [0.1, 0.15) is 5.82 Å². The van der Waals surface area contributed by atoms with Gasteiger partial charge in [0.25, 0.3) is 0 Å². The van der Waals surface area contributed by atoms with Crippen molar-refractivity contribution in [2.75, 3.05) is 82.3 Å². The number of hydrogen-bond donors (Lipinski definition) is 2. The van der Waals surface area contributed by atoms with E-state index < -0.39 is 0 Å². The summed E-state index contributed by atoms with van der Waals surface area (Å²) >= 11 is 5.49. The van der Waals surface area contributed by atoms with E-state index in [9.17, 15) is 0 Å². The first kappa shape index (κ1) is 22.2. The van der Waals surface area contributed by atoms with Gasteiger partial charge in [-0.15, -0.1) is 0 Å². The lowest BCUT2D eigenvalue weighted by atomic mass is 10.1. The lowest BCUT2D eigenvalue weighted by Crippen LogP contribution is -2.46. The number of aromatic nitrogens is 1. The summed E-state index contributed by atoms with van der Waals surface area (Å²) in [4.78, 5) is 12.2. The molecule has 168 valence electrons. The molecule has 4 rings (SSSR count). The molecule has 2 aliphatic heterocycles. The maximum Gasteiger partial charge on any atom is 0.170 e. The van der Waals surface area contributed by atoms with Crippen molar-refractivity contribution in [2.45, 2.75) is 13.8 Å². The van der Waals surface area contributed by atoms with Crippen molar-refractivity contribution in [2.24, 2.45) is 0 Å². The molecule has 0 atom stereocenters. The number of hydrogen-bond acceptors (Lipinski definition) is 6. The Hall–Kier alpha value is -2.00. The van der Waals surface area contributed by atoms with Crippen molar-refractivity contribution in [3.8, 4) is 0 Å². The first-order valence-electron chi connectivity index (χ1n) is 11.4. The van der Waals surface area contributed by atoms with Crippen LogP contribution in [-0.4, -0.2) is 92.0 Å². The normalized spacial score (nSPS) is 18.3. The Kier molecular flexibility index (Phi) is 7.55. The zero-order chi connectivity index (χ0) is 21.6. The largest absolute Gasteiger partial charge is 0.379 e. The second kappa shape index (κ2) is 10.5. The molecule has 0 bridgehead atoms. The molecule has 2 aromatic rings. The van der Waals surface area contributed by atoms with Gasteiger partial charge in [-0.05, 0) is 55.5 Å². The third-order valence-corrected chi connectivity index (χ3v) is 6.47. The molecule has 0 radical (unpaired) electrons. The van der Waals surface area contributed by atoms with Crippen LogP contribution in [0.2, 0.25) is 0 Å². The molecule has 2 saturated heterocycles. The number of likely N-dealkylation sites (N-methyl/N-ethyl adjacent to an activating group) is 1. The monoisotopic (exact) mass is 442 g/mol. The number of nitrogens with one attached hydrogen (secondary N) is 2. The summed E-state index contributed by atoms with van der Waals surface area (Å²) < 4.78 is 5.39. The second-order valence-corrected chi connectivity index (χ2v) is 8.69. The number of nitrogens with zero attached hydrogens (tertiary/aromatic N) is 4. The number of benzene rings is 1. The summed E-state index contributed by atoms with van der Waals surface area (Å²) in [6.07, 6.45) is 0. The number of piperazine rings is 1. The van der Waals surface area contributed by atoms with Crippen LogP contribution in [0.3, 0.4) is 0 Å². The summed E-state index contributed by atoms with van der Waals surface area (Å²) in [5, 5.41) is 8.45. The Morgan fingerprint density at radius 3 is 2.58 bits per heavy atom. The molecule has 0 unspecified atom stereocenters. The van der Waals surface area contributed by atoms with E-state index >= 15 is 0 Å². The maximum absolute atomic E-state index is 5.49. The molecule has 2 N–H and O–H groups in total. The van der Waals surface area contributed by atoms with Gasteiger partial charge in [-0.2, -0.15) is 0 Å². The highest BCUT2D eigenvalue weighted by Gasteiger charge is 2.18. The number of fused-ring (bicyclic) bond motifs is 1. The first-order valence-corrected chi connectivity index (χ1v) is 11.8. The summed E-state index contributed by atoms with van der Waals surface area (Å²) in [5.41, 5.74) is 3.27. The van der Waals surface area contributed by atoms with E-state index in [1.165, 1.54) is 5.56 Å². The van der Waals surface area contributed by atoms with E-state index in [1.54, 1.807) is 0 Å². The molecule has 1 aromatic carbocycles. The highest BCUT2D eigenvalue weighted by Crippen LogP contribution is 2.26. The van der Waals surface area contributed by atoms with Crippen LogP contribution in [0.1, 0.15) is 12.5 Å². The molecule has 7 nitrogen and oxygen atoms in total. The van der Waals surface area contributed by atoms with Gasteiger partial charge in [0.15, 0.2) is 5.11 Å². The molecule has 0 aliphatic carbocycles. The van der Waals surface area contributed by atoms with E-state index in [0.717, 1.165) is 94.5 Å². The molecule has 0 spiro atoms. The Balaban J connectivity index is 1.35. The number of pyridine rings is 1. The van der Waals surface area contributed by atoms with E-state index in [0.29, 0.717) is 5.11 Å². The SMILES string of the molecule is CCN1CCN(c2cc(C)c3cc(NC(=S)NCCN4CCOCC4)ccc3n2)CC1. The van der Waals surface area contributed by atoms with Crippen molar-refractivity contribution in [3.05, 3.63) is 29.8 Å². The lowest BCUT2D eigenvalue weighted by Gasteiger charge is -2.35. The zero-order valence-electron chi connectivity index (χ0n) is 18.7. The number of anilines is 2. The minimum atomic E-state index is 0.656. The van der Waals surface area contributed by atoms with Crippen molar-refractivity contribution in [1.29, 1.82) is 0 Å². The molecular weight excluding hydrogens is 408 g/mol. The number of morpholine rings is 1. The topological polar surface area (TPSA) is 55.9 Å². The minimum absolute atomic E-state index is 0.656. The molecule has 8 heteroatoms. The van der Waals surface area contributed by atoms with Crippen LogP contribution in [0.25, 0.3) is 10.9 Å². The van der Waals surface area contributed by atoms with Gasteiger partial charge in [-0.3, -0.25) is 4.90 Å². The summed E-state index contributed by atoms with van der Waals surface area (Å²) in [7, 11) is 0. The number of rotatable bonds is 6. The van der Waals surface area contributed by atoms with E-state index in [2.05, 4.69) is 63.4 Å². The average molecular weight is 443 g/mol. The van der Waals surface area contributed by atoms with Crippen molar-refractivity contribution >= 4 is 39.7 Å². The van der Waals surface area contributed by atoms with E-state index in [-0.39, 0.29) is 0 Å². The van der Waals surface area contributed by atoms with Gasteiger partial charge >= 0.3 is 0 Å². The predicted molar refractivity (Wildman–Crippen MR) is 132 cm³/mol. The third kappa shape index (κ3) is 5.83. The first-order chi connectivity index (χ1) is 15.1. The van der Waals surface area contributed by atoms with Gasteiger partial charge in [-0.25, -0.2) is 4.98 Å². The summed E-state index contributed by atoms with van der Waals surface area (Å²) in [6, 6.07) is 8.51. The standard InChI is InChI=1S/C23H34N6OS/c1-3-27-8-10-29(11-9-27)22-16-18(2)20-17-19(4-5-21(20)26-22)25-23(31)24-6-7-28-12-14-30-15-13-28/h4-5,16-17H,3,6-15H2,1-2H3,(H2,24,25,31). The lowest BCUT2D eigenvalue weighted by molar-refractivity contribution is 0.0389. The number of aryl methyl sites for hydroxylation is 1. The van der Waals surface area contributed by atoms with Gasteiger partial charge in [0.2, 0.25) is 0 Å². The Morgan fingerprint density at radius 2 is 1.84 bits per heavy atom. The van der Waals surface area contributed by atoms with Gasteiger partial charge in [0.05, 0.1) is 18.7 Å². The smallest absolute Gasteiger partial charge is 0.170 e. The molecular formula is C23H34N6OS. The minimum Gasteiger partial charge on any atom is -0.379 e. The zero-order valence-corrected chi connectivity index (χ0v) is 19.5. The average Bonchev–Trinajstić information content (AvgIpc) is 2.80. The molecule has 0 saturated carbocycles. The Bertz CT molecular complexity index is 893. The van der Waals surface area contributed by atoms with Gasteiger partial charge in [0, 0.05) is 63.4 Å². The fraction of sp³-hybridized carbons (Fsp3) is 0.565. The summed E-state index contributed by atoms with van der Waals surface area (Å²) in [5.74, 6) is 1.08. The second-order valence-electron chi connectivity index (χ2n) is 8.29. The molecule has 0 amide bonds. The van der Waals surface area contributed by atoms with Gasteiger partial charge in [-0.1, -0.05) is 6.92 Å². The third-order valence-electron chi connectivity index (χ3n) is 6.22. The number of thiocarbonyl (C=S) groups is 1. The van der Waals surface area contributed by atoms with E-state index in [1.807, 2.05) is 0 Å². The van der Waals surface area contributed by atoms with Gasteiger partial charge < -0.3 is 25.2 Å². The van der Waals surface area contributed by atoms with Crippen molar-refractivity contribution in [1.82, 2.24) is 20.1 Å². The van der Waals surface area contributed by atoms with Crippen LogP contribution in [0.5, 0.6) is 0 Å². The Morgan fingerprint density at radius 1 is 1.06 bits per heavy atom. The molecule has 1 aromatic heterocycles. The fourth-order valence-corrected chi connectivity index (χ4v) is 4.46. The highest BCUT2D eigenvalue weighted by atomic mass is 32.1. The van der Waals surface area contributed by atoms with Crippen LogP contribution < -0.4 is 15.5 Å². The predicted octanol–water partition coefficient (Wildman–Crippen LogP) is 2.30. The van der Waals surface area contributed by atoms with Crippen molar-refractivity contribution < 1.29 is 4.74 Å². The van der Waals surface area contributed by atoms with Crippen LogP contribution in [0, 0.1) is 6.92 Å². The van der Waals surface area contributed by atoms with Crippen LogP contribution in [0.4, 0.5) is 11.5 Å². The molecule has 2 fully saturated rings. The van der Waals surface area contributed by atoms with Crippen LogP contribution >= 0.6 is 12.2 Å². The molecule has 31 heavy (non-hydrogen) atoms. The highest BCUT2D eigenvalue weighted by molar-refractivity contribution is 7.80. The Labute approximate surface area is 190 Å². The van der Waals surface area contributed by atoms with Crippen molar-refractivity contribution in [3.63, 3.8) is 0 Å².